The van der Waals surface area contributed by atoms with E-state index in [0.29, 0.717) is 68.4 Å². The molecule has 0 aliphatic carbocycles. The molecule has 2 fully saturated rings. The molecule has 39 heavy (non-hydrogen) atoms. The minimum atomic E-state index is -1.86. The van der Waals surface area contributed by atoms with Crippen LogP contribution in [0.4, 0.5) is 14.6 Å². The topological polar surface area (TPSA) is 107 Å². The van der Waals surface area contributed by atoms with Gasteiger partial charge < -0.3 is 9.47 Å². The van der Waals surface area contributed by atoms with Gasteiger partial charge in [-0.15, -0.1) is 0 Å². The van der Waals surface area contributed by atoms with E-state index in [4.69, 9.17) is 10.7 Å². The fourth-order valence-electron chi connectivity index (χ4n) is 5.72. The van der Waals surface area contributed by atoms with Crippen molar-refractivity contribution in [2.24, 2.45) is 0 Å². The molecule has 5 heterocycles. The Morgan fingerprint density at radius 1 is 1.10 bits per heavy atom. The molecule has 202 valence electrons. The molecule has 0 atom stereocenters. The highest BCUT2D eigenvalue weighted by molar-refractivity contribution is 5.85. The van der Waals surface area contributed by atoms with Crippen molar-refractivity contribution in [3.8, 4) is 11.5 Å². The number of benzene rings is 1. The molecule has 0 saturated carbocycles. The largest absolute Gasteiger partial charge is 0.340 e. The number of likely N-dealkylation sites (tertiary alicyclic amines) is 2. The Hall–Kier alpha value is -3.99. The molecule has 0 spiro atoms. The van der Waals surface area contributed by atoms with E-state index in [1.807, 2.05) is 18.2 Å². The Morgan fingerprint density at radius 3 is 2.59 bits per heavy atom. The number of nitrogens with one attached hydrogen (secondary N) is 1. The number of hydrogen-bond donors (Lipinski definition) is 1. The molecule has 3 N–H and O–H groups in total. The summed E-state index contributed by atoms with van der Waals surface area (Å²) in [5, 5.41) is 0. The maximum absolute atomic E-state index is 15.9. The number of aromatic amines is 1. The fraction of sp³-hybridized carbons (Fsp3) is 0.393. The first-order valence-corrected chi connectivity index (χ1v) is 13.3. The molecular formula is C28H31F2N8O+. The van der Waals surface area contributed by atoms with Gasteiger partial charge in [-0.25, -0.2) is 23.7 Å². The van der Waals surface area contributed by atoms with Gasteiger partial charge in [0.05, 0.1) is 16.7 Å². The van der Waals surface area contributed by atoms with E-state index >= 15 is 4.39 Å². The smallest absolute Gasteiger partial charge is 0.288 e. The van der Waals surface area contributed by atoms with Gasteiger partial charge in [0.15, 0.2) is 11.5 Å². The normalized spacial score (nSPS) is 18.5. The van der Waals surface area contributed by atoms with Gasteiger partial charge in [0.1, 0.15) is 23.9 Å². The van der Waals surface area contributed by atoms with E-state index in [1.54, 1.807) is 29.6 Å². The third-order valence-electron chi connectivity index (χ3n) is 7.85. The maximum Gasteiger partial charge on any atom is 0.288 e. The maximum atomic E-state index is 15.9. The Morgan fingerprint density at radius 2 is 1.90 bits per heavy atom. The van der Waals surface area contributed by atoms with Crippen LogP contribution in [-0.2, 0) is 11.3 Å². The number of H-pyrrole nitrogens is 1. The van der Waals surface area contributed by atoms with Crippen LogP contribution in [0.25, 0.3) is 22.6 Å². The quantitative estimate of drug-likeness (QED) is 0.422. The van der Waals surface area contributed by atoms with Gasteiger partial charge in [0, 0.05) is 63.9 Å². The van der Waals surface area contributed by atoms with Crippen molar-refractivity contribution < 1.29 is 18.6 Å². The summed E-state index contributed by atoms with van der Waals surface area (Å²) in [5.74, 6) is 0.394. The standard InChI is InChI=1S/C28H30F2N8O/c29-19-4-5-24-23(15-19)35-26(22-3-1-2-10-32-22)38(24)21-6-11-37(12-7-21)27(39)28(30)8-13-36(14-9-28)18-20-16-34-25(31)17-33-20/h1-5,10,15-17,21H,6-9,11-14,18H2,(H2,31,34)/p+1. The van der Waals surface area contributed by atoms with Gasteiger partial charge >= 0.3 is 0 Å². The first kappa shape index (κ1) is 25.3. The number of anilines is 1. The van der Waals surface area contributed by atoms with Crippen molar-refractivity contribution in [1.29, 1.82) is 0 Å². The van der Waals surface area contributed by atoms with Crippen molar-refractivity contribution in [2.75, 3.05) is 31.9 Å². The lowest BCUT2D eigenvalue weighted by molar-refractivity contribution is -0.362. The summed E-state index contributed by atoms with van der Waals surface area (Å²) in [6, 6.07) is 10.2. The summed E-state index contributed by atoms with van der Waals surface area (Å²) in [6.45, 7) is 2.44. The molecule has 0 unspecified atom stereocenters. The summed E-state index contributed by atoms with van der Waals surface area (Å²) >= 11 is 0. The minimum absolute atomic E-state index is 0.0307. The van der Waals surface area contributed by atoms with Crippen LogP contribution in [0.3, 0.4) is 0 Å². The lowest BCUT2D eigenvalue weighted by Gasteiger charge is -2.40. The van der Waals surface area contributed by atoms with E-state index < -0.39 is 11.6 Å². The fourth-order valence-corrected chi connectivity index (χ4v) is 5.72. The molecule has 6 rings (SSSR count). The van der Waals surface area contributed by atoms with Crippen LogP contribution in [0.2, 0.25) is 0 Å². The minimum Gasteiger partial charge on any atom is -0.340 e. The number of nitrogen functional groups attached to an aromatic ring is 1. The lowest BCUT2D eigenvalue weighted by Crippen LogP contribution is -2.54. The van der Waals surface area contributed by atoms with Crippen molar-refractivity contribution in [3.05, 3.63) is 66.5 Å². The molecule has 4 aromatic rings. The number of pyridine rings is 1. The number of imidazole rings is 1. The predicted octanol–water partition coefficient (Wildman–Crippen LogP) is 3.20. The average molecular weight is 534 g/mol. The van der Waals surface area contributed by atoms with Crippen LogP contribution in [0.5, 0.6) is 0 Å². The Balaban J connectivity index is 1.13. The SMILES string of the molecule is Nc1cnc(CN2CCC(F)(C(=O)N3CCC(n4c(-c5ccccn5)nc5cc(F)ccc54)CC3)CC2)c[nH+]1. The highest BCUT2D eigenvalue weighted by atomic mass is 19.1. The lowest BCUT2D eigenvalue weighted by atomic mass is 9.90. The number of nitrogens with zero attached hydrogens (tertiary/aromatic N) is 6. The number of amides is 1. The van der Waals surface area contributed by atoms with Gasteiger partial charge in [0.25, 0.3) is 11.7 Å². The molecule has 0 bridgehead atoms. The Bertz CT molecular complexity index is 1460. The van der Waals surface area contributed by atoms with Crippen LogP contribution in [-0.4, -0.2) is 67.1 Å². The van der Waals surface area contributed by atoms with Gasteiger partial charge in [-0.3, -0.25) is 20.4 Å². The molecule has 2 saturated heterocycles. The summed E-state index contributed by atoms with van der Waals surface area (Å²) < 4.78 is 32.0. The summed E-state index contributed by atoms with van der Waals surface area (Å²) in [5.41, 5.74) is 6.71. The van der Waals surface area contributed by atoms with Gasteiger partial charge in [-0.1, -0.05) is 6.07 Å². The zero-order valence-corrected chi connectivity index (χ0v) is 21.6. The first-order valence-electron chi connectivity index (χ1n) is 13.3. The highest BCUT2D eigenvalue weighted by Gasteiger charge is 2.45. The van der Waals surface area contributed by atoms with E-state index in [0.717, 1.165) is 11.2 Å². The molecule has 1 aromatic carbocycles. The summed E-state index contributed by atoms with van der Waals surface area (Å²) in [7, 11) is 0. The molecule has 2 aliphatic heterocycles. The molecule has 2 aliphatic rings. The molecule has 0 radical (unpaired) electrons. The number of halogens is 2. The Kier molecular flexibility index (Phi) is 6.68. The van der Waals surface area contributed by atoms with Crippen LogP contribution >= 0.6 is 0 Å². The number of alkyl halides is 1. The number of aromatic nitrogens is 5. The van der Waals surface area contributed by atoms with Gasteiger partial charge in [-0.05, 0) is 37.1 Å². The number of piperidine rings is 2. The van der Waals surface area contributed by atoms with Crippen molar-refractivity contribution in [1.82, 2.24) is 29.3 Å². The van der Waals surface area contributed by atoms with Crippen LogP contribution in [0, 0.1) is 5.82 Å². The van der Waals surface area contributed by atoms with E-state index in [2.05, 4.69) is 24.4 Å². The molecule has 9 nitrogen and oxygen atoms in total. The second-order valence-corrected chi connectivity index (χ2v) is 10.4. The molecule has 11 heteroatoms. The third kappa shape index (κ3) is 5.06. The number of hydrogen-bond acceptors (Lipinski definition) is 6. The number of carbonyl (C=O) groups excluding carboxylic acids is 1. The number of rotatable bonds is 5. The molecule has 1 amide bonds. The average Bonchev–Trinajstić information content (AvgIpc) is 3.34. The van der Waals surface area contributed by atoms with Gasteiger partial charge in [0.2, 0.25) is 0 Å². The number of carbonyl (C=O) groups is 1. The zero-order valence-electron chi connectivity index (χ0n) is 21.6. The van der Waals surface area contributed by atoms with Crippen LogP contribution in [0.1, 0.15) is 37.4 Å². The number of fused-ring (bicyclic) bond motifs is 1. The van der Waals surface area contributed by atoms with E-state index in [9.17, 15) is 9.18 Å². The van der Waals surface area contributed by atoms with Crippen molar-refractivity contribution >= 4 is 22.8 Å². The summed E-state index contributed by atoms with van der Waals surface area (Å²) in [6.07, 6.45) is 6.64. The van der Waals surface area contributed by atoms with Crippen molar-refractivity contribution in [3.63, 3.8) is 0 Å². The van der Waals surface area contributed by atoms with Crippen LogP contribution < -0.4 is 10.7 Å². The Labute approximate surface area is 224 Å². The van der Waals surface area contributed by atoms with E-state index in [1.165, 1.54) is 12.1 Å². The highest BCUT2D eigenvalue weighted by Crippen LogP contribution is 2.35. The second kappa shape index (κ2) is 10.3. The predicted molar refractivity (Wildman–Crippen MR) is 141 cm³/mol. The summed E-state index contributed by atoms with van der Waals surface area (Å²) in [4.78, 5) is 33.5. The van der Waals surface area contributed by atoms with Gasteiger partial charge in [-0.2, -0.15) is 0 Å². The van der Waals surface area contributed by atoms with E-state index in [-0.39, 0.29) is 24.7 Å². The second-order valence-electron chi connectivity index (χ2n) is 10.4. The third-order valence-corrected chi connectivity index (χ3v) is 7.85. The molecule has 3 aromatic heterocycles. The molecular weight excluding hydrogens is 502 g/mol. The number of nitrogens with two attached hydrogens (primary N) is 1. The zero-order chi connectivity index (χ0) is 27.0. The van der Waals surface area contributed by atoms with Crippen LogP contribution in [0.15, 0.2) is 55.0 Å². The first-order chi connectivity index (χ1) is 18.9. The van der Waals surface area contributed by atoms with Crippen molar-refractivity contribution in [2.45, 2.75) is 43.9 Å². The monoisotopic (exact) mass is 533 g/mol.